The Morgan fingerprint density at radius 2 is 1.85 bits per heavy atom. The van der Waals surface area contributed by atoms with Crippen LogP contribution in [0.3, 0.4) is 0 Å². The maximum absolute atomic E-state index is 3.45. The normalized spacial score (nSPS) is 16.9. The highest BCUT2D eigenvalue weighted by molar-refractivity contribution is 14.1. The molecule has 0 bridgehead atoms. The number of rotatable bonds is 5. The third kappa shape index (κ3) is 5.68. The van der Waals surface area contributed by atoms with Gasteiger partial charge in [0.1, 0.15) is 0 Å². The molecule has 5 heteroatoms. The molecule has 2 rings (SSSR count). The first-order valence-corrected chi connectivity index (χ1v) is 8.10. The summed E-state index contributed by atoms with van der Waals surface area (Å²) in [5.41, 5.74) is 1.52. The van der Waals surface area contributed by atoms with Crippen molar-refractivity contribution in [3.05, 3.63) is 33.4 Å². The minimum Gasteiger partial charge on any atom is -0.314 e. The molecule has 2 nitrogen and oxygen atoms in total. The Labute approximate surface area is 149 Å². The van der Waals surface area contributed by atoms with Gasteiger partial charge in [-0.3, -0.25) is 4.90 Å². The van der Waals surface area contributed by atoms with Crippen molar-refractivity contribution in [3.63, 3.8) is 0 Å². The molecule has 1 atom stereocenters. The average Bonchev–Trinajstić information content (AvgIpc) is 2.42. The Hall–Kier alpha value is 0.450. The smallest absolute Gasteiger partial charge is 0.0359 e. The molecule has 20 heavy (non-hydrogen) atoms. The average molecular weight is 431 g/mol. The van der Waals surface area contributed by atoms with Crippen LogP contribution in [0.15, 0.2) is 24.3 Å². The van der Waals surface area contributed by atoms with Gasteiger partial charge in [-0.2, -0.15) is 0 Å². The first kappa shape index (κ1) is 20.5. The molecule has 0 unspecified atom stereocenters. The highest BCUT2D eigenvalue weighted by Gasteiger charge is 2.22. The monoisotopic (exact) mass is 430 g/mol. The highest BCUT2D eigenvalue weighted by atomic mass is 127. The van der Waals surface area contributed by atoms with E-state index < -0.39 is 0 Å². The number of nitrogens with one attached hydrogen (secondary N) is 1. The summed E-state index contributed by atoms with van der Waals surface area (Å²) >= 11 is 2.48. The molecule has 1 aromatic carbocycles. The van der Waals surface area contributed by atoms with Crippen molar-refractivity contribution in [3.8, 4) is 0 Å². The van der Waals surface area contributed by atoms with E-state index in [1.807, 2.05) is 0 Å². The van der Waals surface area contributed by atoms with Gasteiger partial charge >= 0.3 is 0 Å². The minimum atomic E-state index is 0. The predicted octanol–water partition coefficient (Wildman–Crippen LogP) is 4.27. The molecule has 0 aliphatic carbocycles. The first-order valence-electron chi connectivity index (χ1n) is 7.02. The van der Waals surface area contributed by atoms with E-state index in [9.17, 15) is 0 Å². The molecular formula is C15H25Cl2IN2. The standard InChI is InChI=1S/C15H23IN2.2ClH/c1-2-3-8-15(18-11-9-17-10-12-18)13-6-4-5-7-14(13)16;;/h4-7,15,17H,2-3,8-12H2,1H3;2*1H/t15-;;/m0../s1. The van der Waals surface area contributed by atoms with Crippen molar-refractivity contribution in [2.24, 2.45) is 0 Å². The van der Waals surface area contributed by atoms with Crippen LogP contribution in [0.2, 0.25) is 0 Å². The number of unbranched alkanes of at least 4 members (excludes halogenated alkanes) is 1. The zero-order chi connectivity index (χ0) is 12.8. The molecule has 0 spiro atoms. The molecule has 0 radical (unpaired) electrons. The minimum absolute atomic E-state index is 0. The Bertz CT molecular complexity index is 371. The molecule has 0 amide bonds. The van der Waals surface area contributed by atoms with E-state index in [4.69, 9.17) is 0 Å². The molecule has 116 valence electrons. The fourth-order valence-electron chi connectivity index (χ4n) is 2.67. The SMILES string of the molecule is CCCC[C@@H](c1ccccc1I)N1CCNCC1.Cl.Cl. The van der Waals surface area contributed by atoms with Gasteiger partial charge in [0.2, 0.25) is 0 Å². The summed E-state index contributed by atoms with van der Waals surface area (Å²) in [5, 5.41) is 3.45. The molecule has 1 fully saturated rings. The van der Waals surface area contributed by atoms with Crippen LogP contribution in [0.1, 0.15) is 37.8 Å². The van der Waals surface area contributed by atoms with Crippen molar-refractivity contribution < 1.29 is 0 Å². The zero-order valence-corrected chi connectivity index (χ0v) is 15.8. The van der Waals surface area contributed by atoms with Crippen molar-refractivity contribution in [2.45, 2.75) is 32.2 Å². The summed E-state index contributed by atoms with van der Waals surface area (Å²) in [7, 11) is 0. The van der Waals surface area contributed by atoms with E-state index >= 15 is 0 Å². The van der Waals surface area contributed by atoms with Crippen LogP contribution in [-0.2, 0) is 0 Å². The second-order valence-corrected chi connectivity index (χ2v) is 6.13. The van der Waals surface area contributed by atoms with Crippen molar-refractivity contribution >= 4 is 47.4 Å². The first-order chi connectivity index (χ1) is 8.83. The van der Waals surface area contributed by atoms with E-state index in [2.05, 4.69) is 64.0 Å². The highest BCUT2D eigenvalue weighted by Crippen LogP contribution is 2.29. The third-order valence-corrected chi connectivity index (χ3v) is 4.67. The van der Waals surface area contributed by atoms with Gasteiger partial charge in [-0.05, 0) is 40.6 Å². The molecule has 1 aliphatic heterocycles. The summed E-state index contributed by atoms with van der Waals surface area (Å²) in [5.74, 6) is 0. The topological polar surface area (TPSA) is 15.3 Å². The maximum Gasteiger partial charge on any atom is 0.0359 e. The fraction of sp³-hybridized carbons (Fsp3) is 0.600. The van der Waals surface area contributed by atoms with Crippen molar-refractivity contribution in [1.29, 1.82) is 0 Å². The van der Waals surface area contributed by atoms with Crippen LogP contribution in [0.4, 0.5) is 0 Å². The van der Waals surface area contributed by atoms with Gasteiger partial charge in [-0.25, -0.2) is 0 Å². The largest absolute Gasteiger partial charge is 0.314 e. The number of halogens is 3. The Kier molecular flexibility index (Phi) is 11.3. The second kappa shape index (κ2) is 11.1. The summed E-state index contributed by atoms with van der Waals surface area (Å²) in [4.78, 5) is 2.66. The van der Waals surface area contributed by atoms with Gasteiger partial charge in [0.25, 0.3) is 0 Å². The lowest BCUT2D eigenvalue weighted by atomic mass is 9.99. The third-order valence-electron chi connectivity index (χ3n) is 3.69. The van der Waals surface area contributed by atoms with E-state index in [0.29, 0.717) is 6.04 Å². The Morgan fingerprint density at radius 1 is 1.20 bits per heavy atom. The summed E-state index contributed by atoms with van der Waals surface area (Å²) in [6, 6.07) is 9.47. The molecule has 0 saturated carbocycles. The lowest BCUT2D eigenvalue weighted by Crippen LogP contribution is -2.45. The van der Waals surface area contributed by atoms with Crippen LogP contribution in [-0.4, -0.2) is 31.1 Å². The van der Waals surface area contributed by atoms with Crippen molar-refractivity contribution in [1.82, 2.24) is 10.2 Å². The van der Waals surface area contributed by atoms with Crippen LogP contribution in [0.5, 0.6) is 0 Å². The summed E-state index contributed by atoms with van der Waals surface area (Å²) in [6.45, 7) is 6.90. The number of benzene rings is 1. The quantitative estimate of drug-likeness (QED) is 0.701. The van der Waals surface area contributed by atoms with Crippen LogP contribution in [0, 0.1) is 3.57 Å². The molecule has 1 N–H and O–H groups in total. The Morgan fingerprint density at radius 3 is 2.45 bits per heavy atom. The predicted molar refractivity (Wildman–Crippen MR) is 100 cm³/mol. The molecule has 1 aromatic rings. The van der Waals surface area contributed by atoms with Gasteiger partial charge in [-0.15, -0.1) is 24.8 Å². The van der Waals surface area contributed by atoms with Crippen LogP contribution >= 0.6 is 47.4 Å². The summed E-state index contributed by atoms with van der Waals surface area (Å²) in [6.07, 6.45) is 3.89. The molecular weight excluding hydrogens is 406 g/mol. The van der Waals surface area contributed by atoms with Crippen molar-refractivity contribution in [2.75, 3.05) is 26.2 Å². The van der Waals surface area contributed by atoms with Gasteiger partial charge in [0, 0.05) is 35.8 Å². The van der Waals surface area contributed by atoms with Gasteiger partial charge < -0.3 is 5.32 Å². The number of hydrogen-bond acceptors (Lipinski definition) is 2. The lowest BCUT2D eigenvalue weighted by molar-refractivity contribution is 0.162. The lowest BCUT2D eigenvalue weighted by Gasteiger charge is -2.35. The van der Waals surface area contributed by atoms with Crippen LogP contribution < -0.4 is 5.32 Å². The van der Waals surface area contributed by atoms with E-state index in [-0.39, 0.29) is 24.8 Å². The molecule has 1 saturated heterocycles. The van der Waals surface area contributed by atoms with E-state index in [1.54, 1.807) is 0 Å². The summed E-state index contributed by atoms with van der Waals surface area (Å²) < 4.78 is 1.41. The van der Waals surface area contributed by atoms with E-state index in [1.165, 1.54) is 41.5 Å². The van der Waals surface area contributed by atoms with Gasteiger partial charge in [0.15, 0.2) is 0 Å². The molecule has 1 aliphatic rings. The Balaban J connectivity index is 0.00000180. The number of hydrogen-bond donors (Lipinski definition) is 1. The number of nitrogens with zero attached hydrogens (tertiary/aromatic N) is 1. The molecule has 1 heterocycles. The second-order valence-electron chi connectivity index (χ2n) is 4.97. The van der Waals surface area contributed by atoms with Gasteiger partial charge in [-0.1, -0.05) is 38.0 Å². The van der Waals surface area contributed by atoms with Crippen LogP contribution in [0.25, 0.3) is 0 Å². The maximum atomic E-state index is 3.45. The number of piperazine rings is 1. The fourth-order valence-corrected chi connectivity index (χ4v) is 3.42. The van der Waals surface area contributed by atoms with Gasteiger partial charge in [0.05, 0.1) is 0 Å². The van der Waals surface area contributed by atoms with E-state index in [0.717, 1.165) is 13.1 Å². The molecule has 0 aromatic heterocycles. The zero-order valence-electron chi connectivity index (χ0n) is 12.0.